The first-order valence-corrected chi connectivity index (χ1v) is 7.29. The summed E-state index contributed by atoms with van der Waals surface area (Å²) in [7, 11) is -3.02. The summed E-state index contributed by atoms with van der Waals surface area (Å²) in [6.45, 7) is 3.84. The fourth-order valence-electron chi connectivity index (χ4n) is 1.43. The lowest BCUT2D eigenvalue weighted by Gasteiger charge is -2.02. The van der Waals surface area contributed by atoms with E-state index in [0.717, 1.165) is 18.5 Å². The number of aromatic amines is 1. The maximum Gasteiger partial charge on any atom is 0.266 e. The number of nitrogens with one attached hydrogen (secondary N) is 1. The maximum atomic E-state index is 11.5. The van der Waals surface area contributed by atoms with Gasteiger partial charge in [-0.2, -0.15) is 0 Å². The molecule has 0 radical (unpaired) electrons. The summed E-state index contributed by atoms with van der Waals surface area (Å²) in [6, 6.07) is 1.53. The molecule has 1 rings (SSSR count). The van der Waals surface area contributed by atoms with Crippen molar-refractivity contribution in [3.8, 4) is 0 Å². The number of hydrogen-bond acceptors (Lipinski definition) is 3. The van der Waals surface area contributed by atoms with Crippen LogP contribution in [0.2, 0.25) is 0 Å². The lowest BCUT2D eigenvalue weighted by molar-refractivity contribution is 0.575. The number of H-pyrrole nitrogens is 1. The highest BCUT2D eigenvalue weighted by Gasteiger charge is 2.09. The third kappa shape index (κ3) is 3.52. The van der Waals surface area contributed by atoms with Gasteiger partial charge in [-0.1, -0.05) is 20.3 Å². The van der Waals surface area contributed by atoms with Crippen molar-refractivity contribution in [1.29, 1.82) is 0 Å². The molecular formula is C10H18N2O3S. The van der Waals surface area contributed by atoms with E-state index in [4.69, 9.17) is 0 Å². The molecule has 0 aliphatic carbocycles. The Bertz CT molecular complexity index is 484. The molecule has 0 saturated heterocycles. The molecule has 92 valence electrons. The molecule has 0 aliphatic heterocycles. The SMILES string of the molecule is CCCc1cc(=O)n(CCS(=O)(=O)CC)[nH]1. The standard InChI is InChI=1S/C10H18N2O3S/c1-3-5-9-8-10(13)12(11-9)6-7-16(14,15)4-2/h8,11H,3-7H2,1-2H3. The van der Waals surface area contributed by atoms with Gasteiger partial charge in [0, 0.05) is 17.5 Å². The van der Waals surface area contributed by atoms with E-state index in [1.54, 1.807) is 6.92 Å². The third-order valence-electron chi connectivity index (χ3n) is 2.43. The van der Waals surface area contributed by atoms with Crippen molar-refractivity contribution in [3.63, 3.8) is 0 Å². The molecule has 16 heavy (non-hydrogen) atoms. The minimum Gasteiger partial charge on any atom is -0.300 e. The molecule has 0 spiro atoms. The summed E-state index contributed by atoms with van der Waals surface area (Å²) in [6.07, 6.45) is 1.76. The summed E-state index contributed by atoms with van der Waals surface area (Å²) in [5, 5.41) is 2.92. The van der Waals surface area contributed by atoms with Crippen LogP contribution in [0.25, 0.3) is 0 Å². The zero-order valence-electron chi connectivity index (χ0n) is 9.69. The van der Waals surface area contributed by atoms with Gasteiger partial charge in [-0.15, -0.1) is 0 Å². The predicted octanol–water partition coefficient (Wildman–Crippen LogP) is 0.564. The van der Waals surface area contributed by atoms with Crippen molar-refractivity contribution in [3.05, 3.63) is 22.1 Å². The van der Waals surface area contributed by atoms with Gasteiger partial charge in [0.05, 0.1) is 12.3 Å². The average Bonchev–Trinajstić information content (AvgIpc) is 2.57. The summed E-state index contributed by atoms with van der Waals surface area (Å²) >= 11 is 0. The molecule has 1 aromatic heterocycles. The van der Waals surface area contributed by atoms with Gasteiger partial charge in [-0.05, 0) is 6.42 Å². The highest BCUT2D eigenvalue weighted by molar-refractivity contribution is 7.91. The fourth-order valence-corrected chi connectivity index (χ4v) is 2.18. The van der Waals surface area contributed by atoms with Crippen LogP contribution in [0.3, 0.4) is 0 Å². The third-order valence-corrected chi connectivity index (χ3v) is 4.11. The molecule has 0 aliphatic rings. The molecule has 1 heterocycles. The van der Waals surface area contributed by atoms with E-state index in [1.807, 2.05) is 6.92 Å². The normalized spacial score (nSPS) is 11.9. The van der Waals surface area contributed by atoms with Crippen molar-refractivity contribution in [2.24, 2.45) is 0 Å². The topological polar surface area (TPSA) is 71.9 Å². The Morgan fingerprint density at radius 1 is 1.38 bits per heavy atom. The molecule has 1 N–H and O–H groups in total. The molecule has 0 unspecified atom stereocenters. The first-order chi connectivity index (χ1) is 7.48. The van der Waals surface area contributed by atoms with Crippen LogP contribution >= 0.6 is 0 Å². The number of rotatable bonds is 6. The Labute approximate surface area is 95.4 Å². The Morgan fingerprint density at radius 2 is 2.06 bits per heavy atom. The number of nitrogens with zero attached hydrogens (tertiary/aromatic N) is 1. The Kier molecular flexibility index (Phi) is 4.35. The summed E-state index contributed by atoms with van der Waals surface area (Å²) < 4.78 is 23.9. The lowest BCUT2D eigenvalue weighted by atomic mass is 10.3. The predicted molar refractivity (Wildman–Crippen MR) is 63.4 cm³/mol. The van der Waals surface area contributed by atoms with Gasteiger partial charge in [0.15, 0.2) is 9.84 Å². The average molecular weight is 246 g/mol. The fraction of sp³-hybridized carbons (Fsp3) is 0.700. The number of hydrogen-bond donors (Lipinski definition) is 1. The zero-order valence-corrected chi connectivity index (χ0v) is 10.5. The number of aromatic nitrogens is 2. The number of sulfone groups is 1. The van der Waals surface area contributed by atoms with E-state index in [2.05, 4.69) is 5.10 Å². The van der Waals surface area contributed by atoms with Gasteiger partial charge < -0.3 is 0 Å². The minimum atomic E-state index is -3.02. The highest BCUT2D eigenvalue weighted by atomic mass is 32.2. The molecule has 0 aromatic carbocycles. The molecule has 0 saturated carbocycles. The zero-order chi connectivity index (χ0) is 12.2. The molecule has 0 bridgehead atoms. The Balaban J connectivity index is 2.71. The van der Waals surface area contributed by atoms with Crippen LogP contribution in [0.1, 0.15) is 26.0 Å². The molecule has 1 aromatic rings. The van der Waals surface area contributed by atoms with Crippen LogP contribution in [0.5, 0.6) is 0 Å². The van der Waals surface area contributed by atoms with E-state index in [1.165, 1.54) is 10.7 Å². The summed E-state index contributed by atoms with van der Waals surface area (Å²) in [5.74, 6) is 0.125. The van der Waals surface area contributed by atoms with E-state index in [0.29, 0.717) is 0 Å². The van der Waals surface area contributed by atoms with E-state index < -0.39 is 9.84 Å². The van der Waals surface area contributed by atoms with Crippen molar-refractivity contribution < 1.29 is 8.42 Å². The van der Waals surface area contributed by atoms with E-state index in [9.17, 15) is 13.2 Å². The van der Waals surface area contributed by atoms with Gasteiger partial charge in [-0.3, -0.25) is 14.6 Å². The van der Waals surface area contributed by atoms with Crippen molar-refractivity contribution in [2.75, 3.05) is 11.5 Å². The molecule has 6 heteroatoms. The van der Waals surface area contributed by atoms with E-state index in [-0.39, 0.29) is 23.6 Å². The van der Waals surface area contributed by atoms with Gasteiger partial charge in [0.25, 0.3) is 5.56 Å². The molecule has 5 nitrogen and oxygen atoms in total. The minimum absolute atomic E-state index is 0.00941. The van der Waals surface area contributed by atoms with Crippen molar-refractivity contribution in [1.82, 2.24) is 9.78 Å². The largest absolute Gasteiger partial charge is 0.300 e. The second kappa shape index (κ2) is 5.34. The molecular weight excluding hydrogens is 228 g/mol. The summed E-state index contributed by atoms with van der Waals surface area (Å²) in [5.41, 5.74) is 0.705. The maximum absolute atomic E-state index is 11.5. The van der Waals surface area contributed by atoms with Crippen LogP contribution in [-0.2, 0) is 22.8 Å². The quantitative estimate of drug-likeness (QED) is 0.797. The van der Waals surface area contributed by atoms with Crippen LogP contribution in [0, 0.1) is 0 Å². The van der Waals surface area contributed by atoms with Crippen LogP contribution in [-0.4, -0.2) is 29.7 Å². The van der Waals surface area contributed by atoms with Crippen LogP contribution in [0.4, 0.5) is 0 Å². The van der Waals surface area contributed by atoms with Gasteiger partial charge >= 0.3 is 0 Å². The molecule has 0 fully saturated rings. The lowest BCUT2D eigenvalue weighted by Crippen LogP contribution is -2.22. The first-order valence-electron chi connectivity index (χ1n) is 5.47. The highest BCUT2D eigenvalue weighted by Crippen LogP contribution is 1.96. The molecule has 0 amide bonds. The van der Waals surface area contributed by atoms with Gasteiger partial charge in [-0.25, -0.2) is 8.42 Å². The van der Waals surface area contributed by atoms with E-state index >= 15 is 0 Å². The molecule has 0 atom stereocenters. The number of aryl methyl sites for hydroxylation is 2. The Morgan fingerprint density at radius 3 is 2.62 bits per heavy atom. The second-order valence-electron chi connectivity index (χ2n) is 3.76. The van der Waals surface area contributed by atoms with Gasteiger partial charge in [0.1, 0.15) is 0 Å². The smallest absolute Gasteiger partial charge is 0.266 e. The first kappa shape index (κ1) is 13.0. The van der Waals surface area contributed by atoms with Crippen molar-refractivity contribution >= 4 is 9.84 Å². The van der Waals surface area contributed by atoms with Gasteiger partial charge in [0.2, 0.25) is 0 Å². The summed E-state index contributed by atoms with van der Waals surface area (Å²) in [4.78, 5) is 11.5. The van der Waals surface area contributed by atoms with Crippen LogP contribution in [0.15, 0.2) is 10.9 Å². The second-order valence-corrected chi connectivity index (χ2v) is 6.23. The monoisotopic (exact) mass is 246 g/mol. The van der Waals surface area contributed by atoms with Crippen molar-refractivity contribution in [2.45, 2.75) is 33.2 Å². The van der Waals surface area contributed by atoms with Crippen LogP contribution < -0.4 is 5.56 Å². The Hall–Kier alpha value is -1.04.